The Hall–Kier alpha value is -2.68. The van der Waals surface area contributed by atoms with Crippen molar-refractivity contribution in [3.63, 3.8) is 0 Å². The Bertz CT molecular complexity index is 1010. The number of aromatic nitrogens is 2. The van der Waals surface area contributed by atoms with Gasteiger partial charge < -0.3 is 30.9 Å². The molecule has 5 unspecified atom stereocenters. The van der Waals surface area contributed by atoms with Crippen LogP contribution in [0.25, 0.3) is 0 Å². The number of carbonyl (C=O) groups excluding carboxylic acids is 2. The van der Waals surface area contributed by atoms with Crippen LogP contribution in [0, 0.1) is 0 Å². The number of amides is 2. The predicted octanol–water partition coefficient (Wildman–Crippen LogP) is -1.60. The van der Waals surface area contributed by atoms with Gasteiger partial charge in [0.1, 0.15) is 17.8 Å². The summed E-state index contributed by atoms with van der Waals surface area (Å²) < 4.78 is 35.8. The molecule has 0 bridgehead atoms. The lowest BCUT2D eigenvalue weighted by atomic mass is 9.96. The molecule has 2 amide bonds. The van der Waals surface area contributed by atoms with Gasteiger partial charge >= 0.3 is 0 Å². The molecule has 5 atom stereocenters. The molecule has 14 heteroatoms. The maximum absolute atomic E-state index is 15.2. The van der Waals surface area contributed by atoms with Crippen molar-refractivity contribution in [1.29, 1.82) is 0 Å². The smallest absolute Gasteiger partial charge is 0.259 e. The largest absolute Gasteiger partial charge is 0.381 e. The fourth-order valence-corrected chi connectivity index (χ4v) is 5.41. The number of likely N-dealkylation sites (N-methyl/N-ethyl adjacent to an activating group) is 1. The molecule has 3 fully saturated rings. The van der Waals surface area contributed by atoms with Gasteiger partial charge in [-0.05, 0) is 7.05 Å². The predicted molar refractivity (Wildman–Crippen MR) is 128 cm³/mol. The number of halogens is 2. The quantitative estimate of drug-likeness (QED) is 0.442. The van der Waals surface area contributed by atoms with Crippen LogP contribution in [-0.4, -0.2) is 139 Å². The van der Waals surface area contributed by atoms with Crippen molar-refractivity contribution >= 4 is 29.7 Å². The van der Waals surface area contributed by atoms with Gasteiger partial charge in [0.25, 0.3) is 11.8 Å². The zero-order valence-corrected chi connectivity index (χ0v) is 20.3. The molecule has 1 aromatic rings. The molecule has 0 aromatic carbocycles. The number of nitrogens with zero attached hydrogens (tertiary/aromatic N) is 6. The van der Waals surface area contributed by atoms with E-state index in [4.69, 9.17) is 10.5 Å². The van der Waals surface area contributed by atoms with E-state index in [2.05, 4.69) is 25.6 Å². The Kier molecular flexibility index (Phi) is 7.19. The Labute approximate surface area is 207 Å². The van der Waals surface area contributed by atoms with Crippen molar-refractivity contribution in [3.8, 4) is 0 Å². The number of hydrogen-bond acceptors (Lipinski definition) is 9. The number of morpholine rings is 1. The minimum atomic E-state index is -1.30. The minimum absolute atomic E-state index is 0.0364. The van der Waals surface area contributed by atoms with Gasteiger partial charge in [-0.3, -0.25) is 14.5 Å². The summed E-state index contributed by atoms with van der Waals surface area (Å²) in [6.07, 6.45) is -1.88. The number of piperidine rings is 1. The average Bonchev–Trinajstić information content (AvgIpc) is 3.18. The molecule has 4 N–H and O–H groups in total. The number of fused-ring (bicyclic) bond motifs is 1. The summed E-state index contributed by atoms with van der Waals surface area (Å²) in [6, 6.07) is -1.12. The van der Waals surface area contributed by atoms with Crippen LogP contribution in [0.1, 0.15) is 10.4 Å². The Morgan fingerprint density at radius 1 is 1.17 bits per heavy atom. The second kappa shape index (κ2) is 10.4. The van der Waals surface area contributed by atoms with Crippen molar-refractivity contribution in [3.05, 3.63) is 5.56 Å². The average molecular weight is 510 g/mol. The number of anilines is 1. The first-order chi connectivity index (χ1) is 17.3. The second-order valence-corrected chi connectivity index (χ2v) is 9.79. The van der Waals surface area contributed by atoms with Crippen LogP contribution in [0.3, 0.4) is 0 Å². The zero-order valence-electron chi connectivity index (χ0n) is 20.3. The van der Waals surface area contributed by atoms with E-state index in [1.54, 1.807) is 4.90 Å². The van der Waals surface area contributed by atoms with E-state index in [0.29, 0.717) is 45.9 Å². The lowest BCUT2D eigenvalue weighted by molar-refractivity contribution is -0.151. The first-order valence-corrected chi connectivity index (χ1v) is 12.3. The first kappa shape index (κ1) is 25.0. The van der Waals surface area contributed by atoms with Crippen molar-refractivity contribution in [2.45, 2.75) is 37.1 Å². The van der Waals surface area contributed by atoms with E-state index in [9.17, 15) is 14.0 Å². The molecule has 198 valence electrons. The molecule has 3 saturated heterocycles. The number of aliphatic imine (C=N–C) groups is 1. The Morgan fingerprint density at radius 3 is 2.69 bits per heavy atom. The van der Waals surface area contributed by atoms with Gasteiger partial charge in [0, 0.05) is 58.6 Å². The summed E-state index contributed by atoms with van der Waals surface area (Å²) in [7, 11) is 1.96. The summed E-state index contributed by atoms with van der Waals surface area (Å²) in [4.78, 5) is 35.9. The van der Waals surface area contributed by atoms with E-state index < -0.39 is 36.4 Å². The van der Waals surface area contributed by atoms with Crippen LogP contribution in [0.4, 0.5) is 20.4 Å². The molecular formula is C22H33F2N9O3. The normalized spacial score (nSPS) is 31.8. The molecule has 12 nitrogen and oxygen atoms in total. The zero-order chi connectivity index (χ0) is 25.4. The number of alkyl halides is 2. The highest BCUT2D eigenvalue weighted by molar-refractivity contribution is 6.03. The maximum Gasteiger partial charge on any atom is 0.259 e. The van der Waals surface area contributed by atoms with Crippen molar-refractivity contribution in [2.24, 2.45) is 4.99 Å². The highest BCUT2D eigenvalue weighted by Crippen LogP contribution is 2.28. The minimum Gasteiger partial charge on any atom is -0.381 e. The van der Waals surface area contributed by atoms with Crippen LogP contribution in [0.2, 0.25) is 0 Å². The van der Waals surface area contributed by atoms with Gasteiger partial charge in [-0.15, -0.1) is 0 Å². The van der Waals surface area contributed by atoms with Gasteiger partial charge in [-0.1, -0.05) is 0 Å². The van der Waals surface area contributed by atoms with Crippen LogP contribution >= 0.6 is 0 Å². The molecule has 4 aliphatic rings. The fraction of sp³-hybridized carbons (Fsp3) is 0.727. The standard InChI is InChI=1S/C22H33F2N9O3/c1-30-6-7-36-16(12-30)22(35)32-4-2-31(3-5-32)18-14(24)9-26-10-15(18)28-21(34)17-19(25)29-33-11-13(23)8-27-20(17)33/h8,13-16,18,26H,2-7,9-12H2,1H3,(H2,25,29)(H,28,34). The number of ether oxygens (including phenoxy) is 1. The second-order valence-electron chi connectivity index (χ2n) is 9.79. The number of carbonyl (C=O) groups is 2. The van der Waals surface area contributed by atoms with Gasteiger partial charge in [0.05, 0.1) is 25.2 Å². The topological polar surface area (TPSA) is 133 Å². The van der Waals surface area contributed by atoms with E-state index in [-0.39, 0.29) is 36.2 Å². The van der Waals surface area contributed by atoms with Gasteiger partial charge in [-0.2, -0.15) is 5.10 Å². The summed E-state index contributed by atoms with van der Waals surface area (Å²) in [5.41, 5.74) is 6.01. The lowest BCUT2D eigenvalue weighted by Crippen LogP contribution is -2.67. The fourth-order valence-electron chi connectivity index (χ4n) is 5.41. The Morgan fingerprint density at radius 2 is 1.94 bits per heavy atom. The molecule has 5 heterocycles. The van der Waals surface area contributed by atoms with E-state index >= 15 is 4.39 Å². The van der Waals surface area contributed by atoms with Crippen LogP contribution in [0.15, 0.2) is 4.99 Å². The molecule has 0 saturated carbocycles. The highest BCUT2D eigenvalue weighted by atomic mass is 19.1. The molecule has 4 aliphatic heterocycles. The van der Waals surface area contributed by atoms with Crippen LogP contribution < -0.4 is 16.4 Å². The Balaban J connectivity index is 1.24. The summed E-state index contributed by atoms with van der Waals surface area (Å²) >= 11 is 0. The number of nitrogens with one attached hydrogen (secondary N) is 2. The molecule has 0 spiro atoms. The van der Waals surface area contributed by atoms with Gasteiger partial charge in [-0.25, -0.2) is 18.5 Å². The van der Waals surface area contributed by atoms with Crippen molar-refractivity contribution in [1.82, 2.24) is 35.1 Å². The van der Waals surface area contributed by atoms with Gasteiger partial charge in [0.2, 0.25) is 0 Å². The third kappa shape index (κ3) is 4.94. The van der Waals surface area contributed by atoms with Gasteiger partial charge in [0.15, 0.2) is 17.8 Å². The maximum atomic E-state index is 15.2. The van der Waals surface area contributed by atoms with Crippen molar-refractivity contribution < 1.29 is 23.1 Å². The van der Waals surface area contributed by atoms with Crippen LogP contribution in [0.5, 0.6) is 0 Å². The molecule has 1 aromatic heterocycles. The first-order valence-electron chi connectivity index (χ1n) is 12.3. The number of piperazine rings is 1. The SMILES string of the molecule is CN1CCOC(C(=O)N2CCN(C3C(F)CNCC3NC(=O)c3c(N)nn4c3N=CC(F)C4)CC2)C1. The molecule has 0 aliphatic carbocycles. The number of rotatable bonds is 4. The monoisotopic (exact) mass is 509 g/mol. The molecule has 5 rings (SSSR count). The molecule has 36 heavy (non-hydrogen) atoms. The lowest BCUT2D eigenvalue weighted by Gasteiger charge is -2.46. The summed E-state index contributed by atoms with van der Waals surface area (Å²) in [6.45, 7) is 4.26. The number of nitrogens with two attached hydrogens (primary N) is 1. The van der Waals surface area contributed by atoms with Crippen LogP contribution in [-0.2, 0) is 16.1 Å². The van der Waals surface area contributed by atoms with E-state index in [1.165, 1.54) is 4.68 Å². The number of nitrogen functional groups attached to an aromatic ring is 1. The van der Waals surface area contributed by atoms with E-state index in [1.807, 2.05) is 11.9 Å². The molecular weight excluding hydrogens is 476 g/mol. The third-order valence-electron chi connectivity index (χ3n) is 7.28. The highest BCUT2D eigenvalue weighted by Gasteiger charge is 2.41. The number of hydrogen-bond donors (Lipinski definition) is 3. The third-order valence-corrected chi connectivity index (χ3v) is 7.28. The summed E-state index contributed by atoms with van der Waals surface area (Å²) in [5.74, 6) is -0.417. The summed E-state index contributed by atoms with van der Waals surface area (Å²) in [5, 5.41) is 9.97. The van der Waals surface area contributed by atoms with E-state index in [0.717, 1.165) is 12.8 Å². The molecule has 0 radical (unpaired) electrons. The van der Waals surface area contributed by atoms with Crippen molar-refractivity contribution in [2.75, 3.05) is 71.7 Å².